The highest BCUT2D eigenvalue weighted by atomic mass is 35.5. The van der Waals surface area contributed by atoms with Crippen LogP contribution in [0.4, 0.5) is 0 Å². The molecule has 0 radical (unpaired) electrons. The fraction of sp³-hybridized carbons (Fsp3) is 0.100. The molecule has 0 saturated heterocycles. The van der Waals surface area contributed by atoms with Crippen LogP contribution < -0.4 is 4.74 Å². The number of rotatable bonds is 2. The lowest BCUT2D eigenvalue weighted by Crippen LogP contribution is -2.00. The molecule has 0 aliphatic heterocycles. The summed E-state index contributed by atoms with van der Waals surface area (Å²) < 4.78 is 36.6. The third kappa shape index (κ3) is 2.06. The predicted octanol–water partition coefficient (Wildman–Crippen LogP) is 2.14. The first-order valence-electron chi connectivity index (χ1n) is 4.54. The van der Waals surface area contributed by atoms with Gasteiger partial charge in [-0.3, -0.25) is 4.55 Å². The number of methoxy groups -OCH3 is 1. The average molecular weight is 274 g/mol. The summed E-state index contributed by atoms with van der Waals surface area (Å²) in [5.74, 6) is 0.394. The van der Waals surface area contributed by atoms with Gasteiger partial charge in [0.15, 0.2) is 0 Å². The van der Waals surface area contributed by atoms with Gasteiger partial charge in [-0.15, -0.1) is 0 Å². The molecule has 7 heteroatoms. The number of pyridine rings is 1. The van der Waals surface area contributed by atoms with Crippen molar-refractivity contribution in [3.8, 4) is 5.75 Å². The molecular formula is C10H8ClNO4S. The van der Waals surface area contributed by atoms with Crippen molar-refractivity contribution < 1.29 is 17.7 Å². The van der Waals surface area contributed by atoms with Crippen LogP contribution in [-0.4, -0.2) is 25.1 Å². The maximum atomic E-state index is 11.2. The van der Waals surface area contributed by atoms with Crippen LogP contribution in [0.25, 0.3) is 10.8 Å². The zero-order valence-corrected chi connectivity index (χ0v) is 10.3. The number of nitrogens with zero attached hydrogens (tertiary/aromatic N) is 1. The van der Waals surface area contributed by atoms with E-state index in [1.165, 1.54) is 31.5 Å². The van der Waals surface area contributed by atoms with Gasteiger partial charge in [-0.2, -0.15) is 8.42 Å². The van der Waals surface area contributed by atoms with Crippen molar-refractivity contribution in [2.24, 2.45) is 0 Å². The van der Waals surface area contributed by atoms with Crippen LogP contribution >= 0.6 is 11.6 Å². The maximum absolute atomic E-state index is 11.2. The van der Waals surface area contributed by atoms with Crippen LogP contribution in [0.1, 0.15) is 0 Å². The minimum absolute atomic E-state index is 0.116. The smallest absolute Gasteiger partial charge is 0.295 e. The maximum Gasteiger partial charge on any atom is 0.295 e. The molecule has 1 aromatic carbocycles. The van der Waals surface area contributed by atoms with Gasteiger partial charge in [0.2, 0.25) is 0 Å². The molecule has 0 atom stereocenters. The van der Waals surface area contributed by atoms with Crippen molar-refractivity contribution >= 4 is 32.5 Å². The molecule has 0 saturated carbocycles. The lowest BCUT2D eigenvalue weighted by atomic mass is 10.1. The first-order chi connectivity index (χ1) is 7.95. The Morgan fingerprint density at radius 2 is 2.06 bits per heavy atom. The molecule has 17 heavy (non-hydrogen) atoms. The Balaban J connectivity index is 2.98. The fourth-order valence-electron chi connectivity index (χ4n) is 1.60. The summed E-state index contributed by atoms with van der Waals surface area (Å²) in [7, 11) is -2.88. The summed E-state index contributed by atoms with van der Waals surface area (Å²) in [5, 5.41) is 0.739. The molecule has 1 aromatic heterocycles. The van der Waals surface area contributed by atoms with E-state index >= 15 is 0 Å². The van der Waals surface area contributed by atoms with Gasteiger partial charge in [-0.1, -0.05) is 11.6 Å². The van der Waals surface area contributed by atoms with Crippen molar-refractivity contribution in [2.45, 2.75) is 4.90 Å². The van der Waals surface area contributed by atoms with E-state index in [1.54, 1.807) is 0 Å². The average Bonchev–Trinajstić information content (AvgIpc) is 2.26. The number of halogens is 1. The SMILES string of the molecule is COc1ccc(S(=O)(=O)O)c2ccnc(Cl)c12. The quantitative estimate of drug-likeness (QED) is 0.670. The Hall–Kier alpha value is -1.37. The Kier molecular flexibility index (Phi) is 2.94. The predicted molar refractivity (Wildman–Crippen MR) is 63.1 cm³/mol. The summed E-state index contributed by atoms with van der Waals surface area (Å²) in [5.41, 5.74) is 0. The summed E-state index contributed by atoms with van der Waals surface area (Å²) in [6, 6.07) is 4.12. The molecule has 0 aliphatic rings. The van der Waals surface area contributed by atoms with Gasteiger partial charge in [0.05, 0.1) is 12.5 Å². The number of ether oxygens (including phenoxy) is 1. The van der Waals surface area contributed by atoms with Crippen LogP contribution in [-0.2, 0) is 10.1 Å². The van der Waals surface area contributed by atoms with Crippen molar-refractivity contribution in [1.29, 1.82) is 0 Å². The van der Waals surface area contributed by atoms with E-state index in [4.69, 9.17) is 20.9 Å². The highest BCUT2D eigenvalue weighted by Crippen LogP contribution is 2.34. The molecule has 0 fully saturated rings. The van der Waals surface area contributed by atoms with Gasteiger partial charge in [0.25, 0.3) is 10.1 Å². The fourth-order valence-corrected chi connectivity index (χ4v) is 2.53. The molecule has 1 N–H and O–H groups in total. The molecule has 0 amide bonds. The molecule has 2 aromatic rings. The molecule has 0 aliphatic carbocycles. The van der Waals surface area contributed by atoms with E-state index in [9.17, 15) is 8.42 Å². The van der Waals surface area contributed by atoms with Crippen molar-refractivity contribution in [1.82, 2.24) is 4.98 Å². The minimum Gasteiger partial charge on any atom is -0.496 e. The first kappa shape index (κ1) is 12.1. The van der Waals surface area contributed by atoms with Gasteiger partial charge in [0.1, 0.15) is 15.8 Å². The summed E-state index contributed by atoms with van der Waals surface area (Å²) >= 11 is 5.90. The number of benzene rings is 1. The van der Waals surface area contributed by atoms with Gasteiger partial charge in [-0.05, 0) is 18.2 Å². The molecule has 0 bridgehead atoms. The second kappa shape index (κ2) is 4.14. The number of hydrogen-bond donors (Lipinski definition) is 1. The van der Waals surface area contributed by atoms with Crippen molar-refractivity contribution in [3.05, 3.63) is 29.5 Å². The van der Waals surface area contributed by atoms with Gasteiger partial charge in [0, 0.05) is 11.6 Å². The Bertz CT molecular complexity index is 684. The van der Waals surface area contributed by atoms with Crippen molar-refractivity contribution in [3.63, 3.8) is 0 Å². The Labute approximate surface area is 103 Å². The highest BCUT2D eigenvalue weighted by molar-refractivity contribution is 7.86. The van der Waals surface area contributed by atoms with Crippen LogP contribution in [0.2, 0.25) is 5.15 Å². The Morgan fingerprint density at radius 3 is 2.65 bits per heavy atom. The topological polar surface area (TPSA) is 76.5 Å². The molecule has 1 heterocycles. The van der Waals surface area contributed by atoms with E-state index in [-0.39, 0.29) is 15.4 Å². The highest BCUT2D eigenvalue weighted by Gasteiger charge is 2.18. The molecule has 0 spiro atoms. The molecule has 90 valence electrons. The minimum atomic E-state index is -4.31. The summed E-state index contributed by atoms with van der Waals surface area (Å²) in [4.78, 5) is 3.62. The number of fused-ring (bicyclic) bond motifs is 1. The van der Waals surface area contributed by atoms with Gasteiger partial charge < -0.3 is 4.74 Å². The lowest BCUT2D eigenvalue weighted by molar-refractivity contribution is 0.419. The van der Waals surface area contributed by atoms with Crippen LogP contribution in [0.15, 0.2) is 29.3 Å². The second-order valence-electron chi connectivity index (χ2n) is 3.27. The summed E-state index contributed by atoms with van der Waals surface area (Å²) in [6.45, 7) is 0. The van der Waals surface area contributed by atoms with E-state index in [0.717, 1.165) is 0 Å². The third-order valence-electron chi connectivity index (χ3n) is 2.30. The molecule has 2 rings (SSSR count). The monoisotopic (exact) mass is 273 g/mol. The number of aromatic nitrogens is 1. The first-order valence-corrected chi connectivity index (χ1v) is 6.35. The van der Waals surface area contributed by atoms with E-state index < -0.39 is 10.1 Å². The van der Waals surface area contributed by atoms with E-state index in [2.05, 4.69) is 4.98 Å². The zero-order valence-electron chi connectivity index (χ0n) is 8.71. The van der Waals surface area contributed by atoms with Gasteiger partial charge >= 0.3 is 0 Å². The largest absolute Gasteiger partial charge is 0.496 e. The Morgan fingerprint density at radius 1 is 1.35 bits per heavy atom. The normalized spacial score (nSPS) is 11.7. The van der Waals surface area contributed by atoms with E-state index in [0.29, 0.717) is 11.1 Å². The van der Waals surface area contributed by atoms with Crippen LogP contribution in [0.3, 0.4) is 0 Å². The molecule has 5 nitrogen and oxygen atoms in total. The molecule has 0 unspecified atom stereocenters. The zero-order chi connectivity index (χ0) is 12.6. The lowest BCUT2D eigenvalue weighted by Gasteiger charge is -2.09. The molecular weight excluding hydrogens is 266 g/mol. The van der Waals surface area contributed by atoms with Crippen molar-refractivity contribution in [2.75, 3.05) is 7.11 Å². The van der Waals surface area contributed by atoms with Crippen LogP contribution in [0.5, 0.6) is 5.75 Å². The standard InChI is InChI=1S/C10H8ClNO4S/c1-16-7-2-3-8(17(13,14)15)6-4-5-12-10(11)9(6)7/h2-5H,1H3,(H,13,14,15). The van der Waals surface area contributed by atoms with E-state index in [1.807, 2.05) is 0 Å². The van der Waals surface area contributed by atoms with Gasteiger partial charge in [-0.25, -0.2) is 4.98 Å². The number of hydrogen-bond acceptors (Lipinski definition) is 4. The second-order valence-corrected chi connectivity index (χ2v) is 5.01. The summed E-state index contributed by atoms with van der Waals surface area (Å²) in [6.07, 6.45) is 1.36. The third-order valence-corrected chi connectivity index (χ3v) is 3.50. The van der Waals surface area contributed by atoms with Crippen LogP contribution in [0, 0.1) is 0 Å².